The van der Waals surface area contributed by atoms with Gasteiger partial charge in [-0.2, -0.15) is 8.78 Å². The van der Waals surface area contributed by atoms with Gasteiger partial charge in [-0.1, -0.05) is 11.2 Å². The standard InChI is InChI=1S/C16H15F2N3O2/c1-9-5-14(23-20-9)15(22)19-8-11-3-4-13-12(7-11)6-10(2)21(13)16(17)18/h3-7,16H,8H2,1-2H3,(H,19,22). The maximum Gasteiger partial charge on any atom is 0.319 e. The zero-order valence-electron chi connectivity index (χ0n) is 12.6. The summed E-state index contributed by atoms with van der Waals surface area (Å²) in [5.74, 6) is -0.227. The van der Waals surface area contributed by atoms with E-state index in [1.165, 1.54) is 0 Å². The molecule has 1 aromatic carbocycles. The van der Waals surface area contributed by atoms with Gasteiger partial charge in [0.05, 0.1) is 11.2 Å². The molecule has 0 aliphatic carbocycles. The van der Waals surface area contributed by atoms with Crippen molar-refractivity contribution in [1.29, 1.82) is 0 Å². The van der Waals surface area contributed by atoms with E-state index in [2.05, 4.69) is 10.5 Å². The molecule has 0 aliphatic heterocycles. The van der Waals surface area contributed by atoms with Crippen LogP contribution in [-0.4, -0.2) is 15.6 Å². The van der Waals surface area contributed by atoms with Crippen molar-refractivity contribution in [2.45, 2.75) is 26.9 Å². The van der Waals surface area contributed by atoms with Crippen LogP contribution in [0, 0.1) is 13.8 Å². The molecule has 0 bridgehead atoms. The molecule has 0 saturated carbocycles. The molecule has 0 radical (unpaired) electrons. The highest BCUT2D eigenvalue weighted by Gasteiger charge is 2.14. The monoisotopic (exact) mass is 319 g/mol. The van der Waals surface area contributed by atoms with Crippen LogP contribution in [0.25, 0.3) is 10.9 Å². The second kappa shape index (κ2) is 5.83. The number of carbonyl (C=O) groups is 1. The molecule has 23 heavy (non-hydrogen) atoms. The van der Waals surface area contributed by atoms with E-state index in [0.717, 1.165) is 10.1 Å². The van der Waals surface area contributed by atoms with Crippen molar-refractivity contribution in [1.82, 2.24) is 15.0 Å². The minimum absolute atomic E-state index is 0.142. The summed E-state index contributed by atoms with van der Waals surface area (Å²) in [6, 6.07) is 8.38. The van der Waals surface area contributed by atoms with Crippen molar-refractivity contribution in [2.24, 2.45) is 0 Å². The zero-order valence-corrected chi connectivity index (χ0v) is 12.6. The number of carbonyl (C=O) groups excluding carboxylic acids is 1. The van der Waals surface area contributed by atoms with E-state index < -0.39 is 6.55 Å². The lowest BCUT2D eigenvalue weighted by Crippen LogP contribution is -2.22. The molecule has 0 unspecified atom stereocenters. The Labute approximate surface area is 130 Å². The van der Waals surface area contributed by atoms with Crippen LogP contribution in [-0.2, 0) is 6.54 Å². The number of aryl methyl sites for hydroxylation is 2. The molecule has 1 amide bonds. The summed E-state index contributed by atoms with van der Waals surface area (Å²) >= 11 is 0. The molecular formula is C16H15F2N3O2. The van der Waals surface area contributed by atoms with Gasteiger partial charge in [-0.3, -0.25) is 9.36 Å². The van der Waals surface area contributed by atoms with Gasteiger partial charge in [-0.05, 0) is 37.6 Å². The Morgan fingerprint density at radius 2 is 2.09 bits per heavy atom. The van der Waals surface area contributed by atoms with E-state index in [1.807, 2.05) is 0 Å². The van der Waals surface area contributed by atoms with E-state index in [4.69, 9.17) is 4.52 Å². The molecule has 0 saturated heterocycles. The van der Waals surface area contributed by atoms with Crippen LogP contribution in [0.3, 0.4) is 0 Å². The summed E-state index contributed by atoms with van der Waals surface area (Å²) in [4.78, 5) is 11.9. The number of benzene rings is 1. The van der Waals surface area contributed by atoms with Crippen molar-refractivity contribution < 1.29 is 18.1 Å². The minimum atomic E-state index is -2.58. The summed E-state index contributed by atoms with van der Waals surface area (Å²) in [6.45, 7) is 1.06. The molecule has 0 fully saturated rings. The van der Waals surface area contributed by atoms with E-state index in [0.29, 0.717) is 22.3 Å². The largest absolute Gasteiger partial charge is 0.351 e. The van der Waals surface area contributed by atoms with Gasteiger partial charge in [0.1, 0.15) is 0 Å². The fourth-order valence-corrected chi connectivity index (χ4v) is 2.53. The van der Waals surface area contributed by atoms with Crippen LogP contribution >= 0.6 is 0 Å². The lowest BCUT2D eigenvalue weighted by Gasteiger charge is -2.07. The number of fused-ring (bicyclic) bond motifs is 1. The predicted octanol–water partition coefficient (Wildman–Crippen LogP) is 3.57. The lowest BCUT2D eigenvalue weighted by molar-refractivity contribution is 0.0732. The first-order chi connectivity index (χ1) is 11.0. The summed E-state index contributed by atoms with van der Waals surface area (Å²) < 4.78 is 31.9. The number of halogens is 2. The van der Waals surface area contributed by atoms with Gasteiger partial charge in [0, 0.05) is 23.7 Å². The molecule has 120 valence electrons. The highest BCUT2D eigenvalue weighted by molar-refractivity contribution is 5.91. The third-order valence-corrected chi connectivity index (χ3v) is 3.60. The fraction of sp³-hybridized carbons (Fsp3) is 0.250. The molecule has 0 atom stereocenters. The number of hydrogen-bond acceptors (Lipinski definition) is 3. The Morgan fingerprint density at radius 1 is 1.30 bits per heavy atom. The number of rotatable bonds is 4. The fourth-order valence-electron chi connectivity index (χ4n) is 2.53. The second-order valence-corrected chi connectivity index (χ2v) is 5.34. The highest BCUT2D eigenvalue weighted by atomic mass is 19.3. The number of aromatic nitrogens is 2. The average molecular weight is 319 g/mol. The van der Waals surface area contributed by atoms with Gasteiger partial charge < -0.3 is 9.84 Å². The molecule has 2 aromatic heterocycles. The van der Waals surface area contributed by atoms with Gasteiger partial charge >= 0.3 is 6.55 Å². The summed E-state index contributed by atoms with van der Waals surface area (Å²) in [5.41, 5.74) is 2.40. The van der Waals surface area contributed by atoms with Crippen LogP contribution in [0.5, 0.6) is 0 Å². The van der Waals surface area contributed by atoms with Crippen LogP contribution < -0.4 is 5.32 Å². The van der Waals surface area contributed by atoms with E-state index in [-0.39, 0.29) is 18.2 Å². The first-order valence-electron chi connectivity index (χ1n) is 7.06. The quantitative estimate of drug-likeness (QED) is 0.799. The molecule has 0 aliphatic rings. The SMILES string of the molecule is Cc1cc(C(=O)NCc2ccc3c(c2)cc(C)n3C(F)F)on1. The number of nitrogens with one attached hydrogen (secondary N) is 1. The van der Waals surface area contributed by atoms with Crippen LogP contribution in [0.4, 0.5) is 8.78 Å². The lowest BCUT2D eigenvalue weighted by atomic mass is 10.1. The zero-order chi connectivity index (χ0) is 16.6. The number of nitrogens with zero attached hydrogens (tertiary/aromatic N) is 2. The Balaban J connectivity index is 1.77. The van der Waals surface area contributed by atoms with Gasteiger partial charge in [0.15, 0.2) is 0 Å². The Hall–Kier alpha value is -2.70. The van der Waals surface area contributed by atoms with E-state index in [1.54, 1.807) is 44.2 Å². The van der Waals surface area contributed by atoms with Crippen molar-refractivity contribution in [3.63, 3.8) is 0 Å². The van der Waals surface area contributed by atoms with Crippen molar-refractivity contribution in [3.05, 3.63) is 53.0 Å². The highest BCUT2D eigenvalue weighted by Crippen LogP contribution is 2.26. The molecule has 7 heteroatoms. The van der Waals surface area contributed by atoms with Gasteiger partial charge in [-0.15, -0.1) is 0 Å². The maximum absolute atomic E-state index is 13.0. The first kappa shape index (κ1) is 15.2. The van der Waals surface area contributed by atoms with Gasteiger partial charge in [0.2, 0.25) is 5.76 Å². The summed E-state index contributed by atoms with van der Waals surface area (Å²) in [5, 5.41) is 7.08. The predicted molar refractivity (Wildman–Crippen MR) is 80.3 cm³/mol. The molecule has 3 rings (SSSR count). The van der Waals surface area contributed by atoms with Crippen molar-refractivity contribution in [2.75, 3.05) is 0 Å². The molecule has 3 aromatic rings. The van der Waals surface area contributed by atoms with Crippen LogP contribution in [0.2, 0.25) is 0 Å². The third kappa shape index (κ3) is 2.94. The van der Waals surface area contributed by atoms with Gasteiger partial charge in [-0.25, -0.2) is 0 Å². The van der Waals surface area contributed by atoms with Crippen molar-refractivity contribution >= 4 is 16.8 Å². The first-order valence-corrected chi connectivity index (χ1v) is 7.06. The Bertz CT molecular complexity index is 867. The number of amides is 1. The van der Waals surface area contributed by atoms with Gasteiger partial charge in [0.25, 0.3) is 5.91 Å². The second-order valence-electron chi connectivity index (χ2n) is 5.34. The average Bonchev–Trinajstić information content (AvgIpc) is 3.06. The maximum atomic E-state index is 13.0. The van der Waals surface area contributed by atoms with Crippen LogP contribution in [0.15, 0.2) is 34.9 Å². The van der Waals surface area contributed by atoms with E-state index >= 15 is 0 Å². The molecule has 5 nitrogen and oxygen atoms in total. The number of alkyl halides is 2. The Morgan fingerprint density at radius 3 is 2.74 bits per heavy atom. The molecule has 2 heterocycles. The molecule has 1 N–H and O–H groups in total. The topological polar surface area (TPSA) is 60.1 Å². The minimum Gasteiger partial charge on any atom is -0.351 e. The van der Waals surface area contributed by atoms with Crippen LogP contribution in [0.1, 0.15) is 34.1 Å². The molecular weight excluding hydrogens is 304 g/mol. The smallest absolute Gasteiger partial charge is 0.319 e. The number of hydrogen-bond donors (Lipinski definition) is 1. The third-order valence-electron chi connectivity index (χ3n) is 3.60. The normalized spacial score (nSPS) is 11.3. The van der Waals surface area contributed by atoms with E-state index in [9.17, 15) is 13.6 Å². The molecule has 0 spiro atoms. The summed E-state index contributed by atoms with van der Waals surface area (Å²) in [6.07, 6.45) is 0. The Kier molecular flexibility index (Phi) is 3.85. The van der Waals surface area contributed by atoms with Crippen molar-refractivity contribution in [3.8, 4) is 0 Å². The summed E-state index contributed by atoms with van der Waals surface area (Å²) in [7, 11) is 0.